The van der Waals surface area contributed by atoms with Crippen LogP contribution in [0, 0.1) is 0 Å². The van der Waals surface area contributed by atoms with Gasteiger partial charge in [0.2, 0.25) is 5.91 Å². The molecule has 80 valence electrons. The zero-order valence-corrected chi connectivity index (χ0v) is 8.28. The molecular weight excluding hydrogens is 196 g/mol. The molecule has 0 spiro atoms. The predicted molar refractivity (Wildman–Crippen MR) is 55.3 cm³/mol. The number of hydrogen-bond donors (Lipinski definition) is 3. The van der Waals surface area contributed by atoms with Crippen molar-refractivity contribution in [3.05, 3.63) is 23.9 Å². The number of pyridine rings is 1. The topological polar surface area (TPSA) is 97.1 Å². The highest BCUT2D eigenvalue weighted by atomic mass is 16.2. The molecule has 0 aliphatic rings. The molecule has 0 fully saturated rings. The molecule has 15 heavy (non-hydrogen) atoms. The Balaban J connectivity index is 2.69. The quantitative estimate of drug-likeness (QED) is 0.611. The molecule has 0 radical (unpaired) electrons. The van der Waals surface area contributed by atoms with Crippen molar-refractivity contribution in [1.29, 1.82) is 0 Å². The molecule has 0 saturated heterocycles. The number of rotatable bonds is 4. The van der Waals surface area contributed by atoms with Gasteiger partial charge in [-0.3, -0.25) is 9.59 Å². The van der Waals surface area contributed by atoms with Gasteiger partial charge in [0.1, 0.15) is 11.5 Å². The highest BCUT2D eigenvalue weighted by Crippen LogP contribution is 2.03. The van der Waals surface area contributed by atoms with Crippen LogP contribution in [0.25, 0.3) is 0 Å². The molecule has 0 bridgehead atoms. The number of nitrogens with zero attached hydrogens (tertiary/aromatic N) is 1. The van der Waals surface area contributed by atoms with Crippen molar-refractivity contribution in [1.82, 2.24) is 10.3 Å². The first-order valence-corrected chi connectivity index (χ1v) is 4.35. The Bertz CT molecular complexity index is 378. The van der Waals surface area contributed by atoms with E-state index in [1.165, 1.54) is 0 Å². The van der Waals surface area contributed by atoms with Gasteiger partial charge in [0.15, 0.2) is 0 Å². The molecule has 1 heterocycles. The lowest BCUT2D eigenvalue weighted by atomic mass is 10.3. The van der Waals surface area contributed by atoms with Crippen LogP contribution in [-0.2, 0) is 4.79 Å². The van der Waals surface area contributed by atoms with Crippen LogP contribution in [0.1, 0.15) is 10.5 Å². The molecule has 1 aromatic rings. The SMILES string of the molecule is CNc1cccc(C(=O)NCC(N)=O)n1. The first-order chi connectivity index (χ1) is 7.13. The normalized spacial score (nSPS) is 9.40. The van der Waals surface area contributed by atoms with E-state index in [0.29, 0.717) is 5.82 Å². The van der Waals surface area contributed by atoms with E-state index < -0.39 is 11.8 Å². The van der Waals surface area contributed by atoms with E-state index in [1.807, 2.05) is 0 Å². The van der Waals surface area contributed by atoms with E-state index in [0.717, 1.165) is 0 Å². The number of carbonyl (C=O) groups excluding carboxylic acids is 2. The van der Waals surface area contributed by atoms with Gasteiger partial charge in [-0.1, -0.05) is 6.07 Å². The summed E-state index contributed by atoms with van der Waals surface area (Å²) in [5, 5.41) is 5.15. The van der Waals surface area contributed by atoms with Crippen molar-refractivity contribution in [2.75, 3.05) is 18.9 Å². The molecule has 1 rings (SSSR count). The maximum atomic E-state index is 11.4. The summed E-state index contributed by atoms with van der Waals surface area (Å²) in [5.74, 6) is -0.430. The van der Waals surface area contributed by atoms with Gasteiger partial charge in [-0.15, -0.1) is 0 Å². The van der Waals surface area contributed by atoms with Gasteiger partial charge in [-0.25, -0.2) is 4.98 Å². The molecule has 0 saturated carbocycles. The van der Waals surface area contributed by atoms with Gasteiger partial charge in [0, 0.05) is 7.05 Å². The third-order valence-electron chi connectivity index (χ3n) is 1.66. The number of hydrogen-bond acceptors (Lipinski definition) is 4. The molecule has 2 amide bonds. The van der Waals surface area contributed by atoms with Crippen LogP contribution >= 0.6 is 0 Å². The molecular formula is C9H12N4O2. The van der Waals surface area contributed by atoms with Crippen LogP contribution in [0.5, 0.6) is 0 Å². The lowest BCUT2D eigenvalue weighted by molar-refractivity contribution is -0.117. The zero-order chi connectivity index (χ0) is 11.3. The zero-order valence-electron chi connectivity index (χ0n) is 8.28. The summed E-state index contributed by atoms with van der Waals surface area (Å²) < 4.78 is 0. The molecule has 4 N–H and O–H groups in total. The minimum Gasteiger partial charge on any atom is -0.373 e. The summed E-state index contributed by atoms with van der Waals surface area (Å²) in [7, 11) is 1.70. The lowest BCUT2D eigenvalue weighted by Gasteiger charge is -2.03. The Labute approximate surface area is 86.9 Å². The third kappa shape index (κ3) is 3.26. The van der Waals surface area contributed by atoms with Crippen LogP contribution in [0.3, 0.4) is 0 Å². The molecule has 0 aromatic carbocycles. The first-order valence-electron chi connectivity index (χ1n) is 4.35. The number of primary amides is 1. The fraction of sp³-hybridized carbons (Fsp3) is 0.222. The molecule has 0 aliphatic carbocycles. The van der Waals surface area contributed by atoms with Crippen molar-refractivity contribution in [3.63, 3.8) is 0 Å². The van der Waals surface area contributed by atoms with Crippen molar-refractivity contribution < 1.29 is 9.59 Å². The van der Waals surface area contributed by atoms with Gasteiger partial charge >= 0.3 is 0 Å². The second-order valence-corrected chi connectivity index (χ2v) is 2.81. The first kappa shape index (κ1) is 11.0. The van der Waals surface area contributed by atoms with E-state index >= 15 is 0 Å². The van der Waals surface area contributed by atoms with Crippen LogP contribution in [0.15, 0.2) is 18.2 Å². The monoisotopic (exact) mass is 208 g/mol. The minimum absolute atomic E-state index is 0.190. The maximum Gasteiger partial charge on any atom is 0.270 e. The van der Waals surface area contributed by atoms with Gasteiger partial charge < -0.3 is 16.4 Å². The van der Waals surface area contributed by atoms with Gasteiger partial charge in [0.05, 0.1) is 6.54 Å². The largest absolute Gasteiger partial charge is 0.373 e. The summed E-state index contributed by atoms with van der Waals surface area (Å²) >= 11 is 0. The summed E-state index contributed by atoms with van der Waals surface area (Å²) in [5.41, 5.74) is 5.13. The minimum atomic E-state index is -0.590. The second kappa shape index (κ2) is 4.94. The van der Waals surface area contributed by atoms with Crippen molar-refractivity contribution in [2.45, 2.75) is 0 Å². The number of nitrogens with two attached hydrogens (primary N) is 1. The van der Waals surface area contributed by atoms with Crippen LogP contribution in [0.4, 0.5) is 5.82 Å². The Hall–Kier alpha value is -2.11. The molecule has 0 aliphatic heterocycles. The summed E-state index contributed by atoms with van der Waals surface area (Å²) in [4.78, 5) is 25.8. The van der Waals surface area contributed by atoms with Gasteiger partial charge in [-0.05, 0) is 12.1 Å². The summed E-state index contributed by atoms with van der Waals surface area (Å²) in [6.45, 7) is -0.190. The van der Waals surface area contributed by atoms with E-state index in [9.17, 15) is 9.59 Å². The van der Waals surface area contributed by atoms with Crippen molar-refractivity contribution >= 4 is 17.6 Å². The summed E-state index contributed by atoms with van der Waals surface area (Å²) in [6, 6.07) is 4.97. The Morgan fingerprint density at radius 2 is 2.20 bits per heavy atom. The second-order valence-electron chi connectivity index (χ2n) is 2.81. The Morgan fingerprint density at radius 3 is 2.80 bits per heavy atom. The van der Waals surface area contributed by atoms with Gasteiger partial charge in [-0.2, -0.15) is 0 Å². The highest BCUT2D eigenvalue weighted by Gasteiger charge is 2.07. The lowest BCUT2D eigenvalue weighted by Crippen LogP contribution is -2.33. The molecule has 1 aromatic heterocycles. The number of carbonyl (C=O) groups is 2. The van der Waals surface area contributed by atoms with E-state index in [-0.39, 0.29) is 12.2 Å². The van der Waals surface area contributed by atoms with Crippen molar-refractivity contribution in [3.8, 4) is 0 Å². The van der Waals surface area contributed by atoms with Crippen LogP contribution in [-0.4, -0.2) is 30.4 Å². The Morgan fingerprint density at radius 1 is 1.47 bits per heavy atom. The van der Waals surface area contributed by atoms with Gasteiger partial charge in [0.25, 0.3) is 5.91 Å². The molecule has 6 heteroatoms. The number of aromatic nitrogens is 1. The number of anilines is 1. The Kier molecular flexibility index (Phi) is 3.61. The standard InChI is InChI=1S/C9H12N4O2/c1-11-8-4-2-3-6(13-8)9(15)12-5-7(10)14/h2-4H,5H2,1H3,(H2,10,14)(H,11,13)(H,12,15). The average molecular weight is 208 g/mol. The smallest absolute Gasteiger partial charge is 0.270 e. The fourth-order valence-corrected chi connectivity index (χ4v) is 0.958. The number of amides is 2. The summed E-state index contributed by atoms with van der Waals surface area (Å²) in [6.07, 6.45) is 0. The van der Waals surface area contributed by atoms with E-state index in [1.54, 1.807) is 25.2 Å². The van der Waals surface area contributed by atoms with Crippen LogP contribution in [0.2, 0.25) is 0 Å². The fourth-order valence-electron chi connectivity index (χ4n) is 0.958. The number of nitrogens with one attached hydrogen (secondary N) is 2. The predicted octanol–water partition coefficient (Wildman–Crippen LogP) is -0.662. The van der Waals surface area contributed by atoms with E-state index in [4.69, 9.17) is 5.73 Å². The molecule has 0 atom stereocenters. The van der Waals surface area contributed by atoms with Crippen LogP contribution < -0.4 is 16.4 Å². The van der Waals surface area contributed by atoms with E-state index in [2.05, 4.69) is 15.6 Å². The average Bonchev–Trinajstić information content (AvgIpc) is 2.26. The molecule has 6 nitrogen and oxygen atoms in total. The maximum absolute atomic E-state index is 11.4. The molecule has 0 unspecified atom stereocenters. The van der Waals surface area contributed by atoms with Crippen molar-refractivity contribution in [2.24, 2.45) is 5.73 Å². The third-order valence-corrected chi connectivity index (χ3v) is 1.66. The highest BCUT2D eigenvalue weighted by molar-refractivity contribution is 5.94.